The highest BCUT2D eigenvalue weighted by Gasteiger charge is 2.43. The molecule has 2 aliphatic carbocycles. The van der Waals surface area contributed by atoms with Crippen molar-refractivity contribution in [2.75, 3.05) is 13.2 Å². The Morgan fingerprint density at radius 2 is 1.57 bits per heavy atom. The lowest BCUT2D eigenvalue weighted by Crippen LogP contribution is -2.51. The molecule has 4 atom stereocenters. The second-order valence-corrected chi connectivity index (χ2v) is 9.97. The third kappa shape index (κ3) is 4.40. The molecule has 184 valence electrons. The second kappa shape index (κ2) is 9.72. The van der Waals surface area contributed by atoms with Crippen molar-refractivity contribution in [3.05, 3.63) is 59.7 Å². The minimum Gasteiger partial charge on any atom is -0.481 e. The zero-order chi connectivity index (χ0) is 24.5. The van der Waals surface area contributed by atoms with Gasteiger partial charge >= 0.3 is 12.1 Å². The first kappa shape index (κ1) is 23.4. The van der Waals surface area contributed by atoms with Crippen LogP contribution >= 0.6 is 0 Å². The first-order valence-electron chi connectivity index (χ1n) is 12.6. The quantitative estimate of drug-likeness (QED) is 0.667. The highest BCUT2D eigenvalue weighted by atomic mass is 16.5. The number of carbonyl (C=O) groups excluding carboxylic acids is 2. The van der Waals surface area contributed by atoms with Crippen molar-refractivity contribution in [2.24, 2.45) is 11.8 Å². The maximum Gasteiger partial charge on any atom is 0.407 e. The molecule has 35 heavy (non-hydrogen) atoms. The number of nitrogens with one attached hydrogen (secondary N) is 1. The Morgan fingerprint density at radius 1 is 0.943 bits per heavy atom. The predicted molar refractivity (Wildman–Crippen MR) is 131 cm³/mol. The molecule has 2 unspecified atom stereocenters. The molecule has 1 saturated carbocycles. The van der Waals surface area contributed by atoms with E-state index in [2.05, 4.69) is 29.6 Å². The molecule has 1 heterocycles. The molecule has 2 amide bonds. The van der Waals surface area contributed by atoms with E-state index in [0.717, 1.165) is 24.0 Å². The standard InChI is InChI=1S/C28H32N2O5/c1-17-18(27(32)33)14-15-30(17)26(31)23-12-6-7-13-25(23)29-28(34)35-16-24-21-10-4-2-8-19(21)20-9-3-5-11-22(20)24/h2-5,8-11,17-18,23-25H,6-7,12-16H2,1H3,(H,29,34)(H,32,33)/t17?,18?,23-,25+/m1/s1. The van der Waals surface area contributed by atoms with Crippen LogP contribution < -0.4 is 5.32 Å². The summed E-state index contributed by atoms with van der Waals surface area (Å²) in [6, 6.07) is 15.8. The van der Waals surface area contributed by atoms with Crippen molar-refractivity contribution in [3.63, 3.8) is 0 Å². The Labute approximate surface area is 205 Å². The molecule has 5 rings (SSSR count). The summed E-state index contributed by atoms with van der Waals surface area (Å²) in [6.45, 7) is 2.49. The van der Waals surface area contributed by atoms with E-state index in [9.17, 15) is 19.5 Å². The summed E-state index contributed by atoms with van der Waals surface area (Å²) in [4.78, 5) is 39.4. The van der Waals surface area contributed by atoms with E-state index in [1.807, 2.05) is 24.3 Å². The predicted octanol–water partition coefficient (Wildman–Crippen LogP) is 4.41. The second-order valence-electron chi connectivity index (χ2n) is 9.97. The monoisotopic (exact) mass is 476 g/mol. The summed E-state index contributed by atoms with van der Waals surface area (Å²) in [7, 11) is 0. The minimum absolute atomic E-state index is 0.0182. The van der Waals surface area contributed by atoms with Gasteiger partial charge in [0.05, 0.1) is 11.8 Å². The van der Waals surface area contributed by atoms with E-state index in [0.29, 0.717) is 25.8 Å². The van der Waals surface area contributed by atoms with E-state index in [1.54, 1.807) is 11.8 Å². The number of nitrogens with zero attached hydrogens (tertiary/aromatic N) is 1. The third-order valence-corrected chi connectivity index (χ3v) is 8.09. The van der Waals surface area contributed by atoms with Gasteiger partial charge in [-0.05, 0) is 48.4 Å². The molecule has 7 heteroatoms. The normalized spacial score (nSPS) is 25.6. The Hall–Kier alpha value is -3.35. The smallest absolute Gasteiger partial charge is 0.407 e. The number of benzene rings is 2. The van der Waals surface area contributed by atoms with Crippen molar-refractivity contribution >= 4 is 18.0 Å². The molecule has 2 N–H and O–H groups in total. The van der Waals surface area contributed by atoms with Crippen LogP contribution in [0.5, 0.6) is 0 Å². The molecule has 1 saturated heterocycles. The lowest BCUT2D eigenvalue weighted by molar-refractivity contribution is -0.144. The summed E-state index contributed by atoms with van der Waals surface area (Å²) in [5.41, 5.74) is 4.66. The summed E-state index contributed by atoms with van der Waals surface area (Å²) in [5, 5.41) is 12.4. The average Bonchev–Trinajstić information content (AvgIpc) is 3.41. The molecule has 2 aromatic rings. The van der Waals surface area contributed by atoms with E-state index in [-0.39, 0.29) is 36.4 Å². The highest BCUT2D eigenvalue weighted by molar-refractivity contribution is 5.83. The van der Waals surface area contributed by atoms with E-state index >= 15 is 0 Å². The SMILES string of the molecule is CC1C(C(=O)O)CCN1C(=O)[C@@H]1CCCC[C@@H]1NC(=O)OCC1c2ccccc2-c2ccccc21. The molecule has 3 aliphatic rings. The van der Waals surface area contributed by atoms with Gasteiger partial charge in [0.1, 0.15) is 6.61 Å². The van der Waals surface area contributed by atoms with Crippen LogP contribution in [-0.4, -0.2) is 53.2 Å². The van der Waals surface area contributed by atoms with Gasteiger partial charge in [-0.15, -0.1) is 0 Å². The molecule has 0 radical (unpaired) electrons. The number of carbonyl (C=O) groups is 3. The average molecular weight is 477 g/mol. The fourth-order valence-electron chi connectivity index (χ4n) is 6.18. The Kier molecular flexibility index (Phi) is 6.50. The van der Waals surface area contributed by atoms with Crippen LogP contribution in [0.15, 0.2) is 48.5 Å². The zero-order valence-corrected chi connectivity index (χ0v) is 20.0. The van der Waals surface area contributed by atoms with Gasteiger partial charge in [-0.25, -0.2) is 4.79 Å². The highest BCUT2D eigenvalue weighted by Crippen LogP contribution is 2.44. The number of alkyl carbamates (subject to hydrolysis) is 1. The Morgan fingerprint density at radius 3 is 2.20 bits per heavy atom. The van der Waals surface area contributed by atoms with Gasteiger partial charge in [-0.2, -0.15) is 0 Å². The topological polar surface area (TPSA) is 95.9 Å². The van der Waals surface area contributed by atoms with Crippen molar-refractivity contribution in [1.82, 2.24) is 10.2 Å². The molecule has 2 aromatic carbocycles. The number of amides is 2. The zero-order valence-electron chi connectivity index (χ0n) is 20.0. The van der Waals surface area contributed by atoms with E-state index < -0.39 is 18.0 Å². The van der Waals surface area contributed by atoms with Crippen molar-refractivity contribution in [3.8, 4) is 11.1 Å². The molecule has 2 fully saturated rings. The number of aliphatic carboxylic acids is 1. The van der Waals surface area contributed by atoms with Crippen LogP contribution in [0.25, 0.3) is 11.1 Å². The third-order valence-electron chi connectivity index (χ3n) is 8.09. The molecule has 0 bridgehead atoms. The van der Waals surface area contributed by atoms with Gasteiger partial charge in [0.15, 0.2) is 0 Å². The van der Waals surface area contributed by atoms with E-state index in [4.69, 9.17) is 4.74 Å². The number of carboxylic acids is 1. The van der Waals surface area contributed by atoms with Crippen LogP contribution in [0.3, 0.4) is 0 Å². The van der Waals surface area contributed by atoms with Gasteiger partial charge in [-0.3, -0.25) is 9.59 Å². The summed E-state index contributed by atoms with van der Waals surface area (Å²) >= 11 is 0. The van der Waals surface area contributed by atoms with Gasteiger partial charge in [0, 0.05) is 24.5 Å². The number of likely N-dealkylation sites (tertiary alicyclic amines) is 1. The van der Waals surface area contributed by atoms with Crippen LogP contribution in [0, 0.1) is 11.8 Å². The minimum atomic E-state index is -0.857. The van der Waals surface area contributed by atoms with Gasteiger partial charge in [0.2, 0.25) is 5.91 Å². The van der Waals surface area contributed by atoms with Crippen LogP contribution in [0.1, 0.15) is 56.1 Å². The van der Waals surface area contributed by atoms with Crippen LogP contribution in [0.2, 0.25) is 0 Å². The summed E-state index contributed by atoms with van der Waals surface area (Å²) < 4.78 is 5.71. The van der Waals surface area contributed by atoms with Crippen molar-refractivity contribution in [2.45, 2.75) is 57.0 Å². The molecule has 7 nitrogen and oxygen atoms in total. The number of hydrogen-bond acceptors (Lipinski definition) is 4. The molecule has 0 aromatic heterocycles. The number of rotatable bonds is 5. The summed E-state index contributed by atoms with van der Waals surface area (Å²) in [6.07, 6.45) is 3.23. The molecular formula is C28H32N2O5. The van der Waals surface area contributed by atoms with Gasteiger partial charge < -0.3 is 20.1 Å². The van der Waals surface area contributed by atoms with E-state index in [1.165, 1.54) is 11.1 Å². The van der Waals surface area contributed by atoms with Gasteiger partial charge in [0.25, 0.3) is 0 Å². The van der Waals surface area contributed by atoms with Gasteiger partial charge in [-0.1, -0.05) is 61.4 Å². The molecule has 0 spiro atoms. The van der Waals surface area contributed by atoms with Crippen molar-refractivity contribution in [1.29, 1.82) is 0 Å². The lowest BCUT2D eigenvalue weighted by atomic mass is 9.83. The maximum absolute atomic E-state index is 13.4. The first-order chi connectivity index (χ1) is 17.0. The number of hydrogen-bond donors (Lipinski definition) is 2. The fourth-order valence-corrected chi connectivity index (χ4v) is 6.18. The maximum atomic E-state index is 13.4. The summed E-state index contributed by atoms with van der Waals surface area (Å²) in [5.74, 6) is -1.81. The number of ether oxygens (including phenoxy) is 1. The Balaban J connectivity index is 1.23. The van der Waals surface area contributed by atoms with Crippen LogP contribution in [-0.2, 0) is 14.3 Å². The largest absolute Gasteiger partial charge is 0.481 e. The Bertz CT molecular complexity index is 1090. The lowest BCUT2D eigenvalue weighted by Gasteiger charge is -2.35. The van der Waals surface area contributed by atoms with Crippen LogP contribution in [0.4, 0.5) is 4.79 Å². The fraction of sp³-hybridized carbons (Fsp3) is 0.464. The number of fused-ring (bicyclic) bond motifs is 3. The first-order valence-corrected chi connectivity index (χ1v) is 12.6. The molecular weight excluding hydrogens is 444 g/mol. The molecule has 1 aliphatic heterocycles. The number of carboxylic acid groups (broad SMARTS) is 1. The van der Waals surface area contributed by atoms with Crippen molar-refractivity contribution < 1.29 is 24.2 Å².